The van der Waals surface area contributed by atoms with E-state index >= 15 is 0 Å². The highest BCUT2D eigenvalue weighted by atomic mass is 16.5. The number of aryl methyl sites for hydroxylation is 1. The van der Waals surface area contributed by atoms with Crippen LogP contribution in [0.1, 0.15) is 22.5 Å². The van der Waals surface area contributed by atoms with Gasteiger partial charge in [-0.15, -0.1) is 0 Å². The average Bonchev–Trinajstić information content (AvgIpc) is 2.51. The summed E-state index contributed by atoms with van der Waals surface area (Å²) in [7, 11) is 0. The molecule has 1 aromatic heterocycles. The largest absolute Gasteiger partial charge is 0.417 e. The molecular formula is C16H14N2O3. The Morgan fingerprint density at radius 2 is 2.00 bits per heavy atom. The van der Waals surface area contributed by atoms with E-state index in [9.17, 15) is 9.59 Å². The molecule has 5 heteroatoms. The Hall–Kier alpha value is -2.87. The molecule has 0 atom stereocenters. The van der Waals surface area contributed by atoms with Crippen LogP contribution < -0.4 is 10.2 Å². The van der Waals surface area contributed by atoms with Gasteiger partial charge < -0.3 is 9.30 Å². The van der Waals surface area contributed by atoms with Crippen LogP contribution >= 0.6 is 0 Å². The van der Waals surface area contributed by atoms with Crippen LogP contribution in [0, 0.1) is 18.3 Å². The lowest BCUT2D eigenvalue weighted by Gasteiger charge is -2.12. The lowest BCUT2D eigenvalue weighted by molar-refractivity contribution is 0.0730. The second-order valence-corrected chi connectivity index (χ2v) is 4.45. The summed E-state index contributed by atoms with van der Waals surface area (Å²) in [5.74, 6) is -0.571. The maximum absolute atomic E-state index is 12.0. The van der Waals surface area contributed by atoms with Crippen LogP contribution in [0.25, 0.3) is 0 Å². The number of hydrogen-bond acceptors (Lipinski definition) is 4. The Morgan fingerprint density at radius 3 is 2.67 bits per heavy atom. The van der Waals surface area contributed by atoms with Crippen molar-refractivity contribution in [2.75, 3.05) is 0 Å². The number of esters is 1. The summed E-state index contributed by atoms with van der Waals surface area (Å²) in [6.07, 6.45) is 1.91. The predicted octanol–water partition coefficient (Wildman–Crippen LogP) is 2.29. The minimum atomic E-state index is -0.575. The second-order valence-electron chi connectivity index (χ2n) is 4.45. The first kappa shape index (κ1) is 14.5. The third kappa shape index (κ3) is 3.37. The van der Waals surface area contributed by atoms with Gasteiger partial charge in [0.25, 0.3) is 0 Å². The van der Waals surface area contributed by atoms with Crippen molar-refractivity contribution in [3.63, 3.8) is 0 Å². The molecule has 0 aliphatic carbocycles. The Kier molecular flexibility index (Phi) is 4.52. The van der Waals surface area contributed by atoms with Crippen molar-refractivity contribution >= 4 is 5.97 Å². The smallest absolute Gasteiger partial charge is 0.343 e. The van der Waals surface area contributed by atoms with Crippen LogP contribution in [0.3, 0.4) is 0 Å². The van der Waals surface area contributed by atoms with Gasteiger partial charge in [-0.1, -0.05) is 18.2 Å². The fraction of sp³-hybridized carbons (Fsp3) is 0.188. The zero-order valence-corrected chi connectivity index (χ0v) is 11.6. The summed E-state index contributed by atoms with van der Waals surface area (Å²) in [6, 6.07) is 11.8. The maximum Gasteiger partial charge on any atom is 0.343 e. The van der Waals surface area contributed by atoms with Gasteiger partial charge in [-0.25, -0.2) is 4.79 Å². The number of aromatic nitrogens is 1. The molecule has 0 bridgehead atoms. The number of hydrogen-bond donors (Lipinski definition) is 0. The Labute approximate surface area is 122 Å². The number of ether oxygens (including phenoxy) is 1. The van der Waals surface area contributed by atoms with E-state index in [1.807, 2.05) is 6.07 Å². The highest BCUT2D eigenvalue weighted by Gasteiger charge is 2.14. The zero-order chi connectivity index (χ0) is 15.2. The Morgan fingerprint density at radius 1 is 1.29 bits per heavy atom. The number of carbonyl (C=O) groups is 1. The van der Waals surface area contributed by atoms with Crippen LogP contribution in [0.5, 0.6) is 5.75 Å². The van der Waals surface area contributed by atoms with Crippen molar-refractivity contribution in [2.45, 2.75) is 19.9 Å². The normalized spacial score (nSPS) is 9.90. The topological polar surface area (TPSA) is 72.1 Å². The van der Waals surface area contributed by atoms with Gasteiger partial charge in [-0.2, -0.15) is 5.26 Å². The zero-order valence-electron chi connectivity index (χ0n) is 11.6. The van der Waals surface area contributed by atoms with E-state index in [1.54, 1.807) is 48.0 Å². The minimum Gasteiger partial charge on any atom is -0.417 e. The minimum absolute atomic E-state index is 0.00397. The first-order valence-electron chi connectivity index (χ1n) is 6.47. The number of pyridine rings is 1. The van der Waals surface area contributed by atoms with E-state index in [0.29, 0.717) is 24.2 Å². The van der Waals surface area contributed by atoms with Gasteiger partial charge in [0.05, 0.1) is 23.7 Å². The maximum atomic E-state index is 12.0. The van der Waals surface area contributed by atoms with Gasteiger partial charge in [-0.3, -0.25) is 4.79 Å². The van der Waals surface area contributed by atoms with Crippen LogP contribution in [-0.2, 0) is 6.54 Å². The highest BCUT2D eigenvalue weighted by molar-refractivity contribution is 5.91. The quantitative estimate of drug-likeness (QED) is 0.806. The monoisotopic (exact) mass is 282 g/mol. The van der Waals surface area contributed by atoms with Gasteiger partial charge in [0.15, 0.2) is 5.75 Å². The Bertz CT molecular complexity index is 742. The van der Waals surface area contributed by atoms with E-state index in [1.165, 1.54) is 6.07 Å². The third-order valence-corrected chi connectivity index (χ3v) is 3.06. The molecule has 0 aliphatic heterocycles. The fourth-order valence-electron chi connectivity index (χ4n) is 1.92. The van der Waals surface area contributed by atoms with E-state index in [2.05, 4.69) is 0 Å². The van der Waals surface area contributed by atoms with Crippen molar-refractivity contribution in [1.29, 1.82) is 5.26 Å². The molecule has 0 N–H and O–H groups in total. The molecule has 0 spiro atoms. The van der Waals surface area contributed by atoms with Gasteiger partial charge in [0.2, 0.25) is 5.43 Å². The molecule has 1 heterocycles. The standard InChI is InChI=1S/C16H14N2O3/c1-12-15(14(19)8-11-18(12)10-5-9-17)21-16(20)13-6-3-2-4-7-13/h2-4,6-8,11H,5,10H2,1H3. The van der Waals surface area contributed by atoms with Crippen molar-refractivity contribution in [3.8, 4) is 11.8 Å². The number of carbonyl (C=O) groups excluding carboxylic acids is 1. The summed E-state index contributed by atoms with van der Waals surface area (Å²) in [5.41, 5.74) is 0.552. The molecular weight excluding hydrogens is 268 g/mol. The van der Waals surface area contributed by atoms with E-state index in [0.717, 1.165) is 0 Å². The van der Waals surface area contributed by atoms with Gasteiger partial charge >= 0.3 is 5.97 Å². The molecule has 0 amide bonds. The van der Waals surface area contributed by atoms with E-state index in [4.69, 9.17) is 10.00 Å². The molecule has 0 aliphatic rings. The Balaban J connectivity index is 2.30. The molecule has 0 saturated heterocycles. The number of nitriles is 1. The molecule has 0 unspecified atom stereocenters. The van der Waals surface area contributed by atoms with Gasteiger partial charge in [0, 0.05) is 18.8 Å². The first-order chi connectivity index (χ1) is 10.1. The molecule has 0 fully saturated rings. The summed E-state index contributed by atoms with van der Waals surface area (Å²) < 4.78 is 6.95. The molecule has 1 aromatic carbocycles. The van der Waals surface area contributed by atoms with Crippen molar-refractivity contribution < 1.29 is 9.53 Å². The molecule has 0 radical (unpaired) electrons. The number of benzene rings is 1. The molecule has 2 rings (SSSR count). The van der Waals surface area contributed by atoms with Crippen LogP contribution in [0.2, 0.25) is 0 Å². The molecule has 21 heavy (non-hydrogen) atoms. The van der Waals surface area contributed by atoms with E-state index < -0.39 is 5.97 Å². The molecule has 5 nitrogen and oxygen atoms in total. The summed E-state index contributed by atoms with van der Waals surface area (Å²) in [5, 5.41) is 8.63. The fourth-order valence-corrected chi connectivity index (χ4v) is 1.92. The van der Waals surface area contributed by atoms with Gasteiger partial charge in [-0.05, 0) is 19.1 Å². The van der Waals surface area contributed by atoms with Crippen molar-refractivity contribution in [2.24, 2.45) is 0 Å². The van der Waals surface area contributed by atoms with Crippen LogP contribution in [0.4, 0.5) is 0 Å². The van der Waals surface area contributed by atoms with Gasteiger partial charge in [0.1, 0.15) is 0 Å². The van der Waals surface area contributed by atoms with Crippen molar-refractivity contribution in [1.82, 2.24) is 4.57 Å². The van der Waals surface area contributed by atoms with Crippen LogP contribution in [0.15, 0.2) is 47.4 Å². The molecule has 0 saturated carbocycles. The molecule has 106 valence electrons. The SMILES string of the molecule is Cc1c(OC(=O)c2ccccc2)c(=O)ccn1CCC#N. The second kappa shape index (κ2) is 6.53. The predicted molar refractivity (Wildman–Crippen MR) is 77.1 cm³/mol. The lowest BCUT2D eigenvalue weighted by atomic mass is 10.2. The first-order valence-corrected chi connectivity index (χ1v) is 6.47. The third-order valence-electron chi connectivity index (χ3n) is 3.06. The van der Waals surface area contributed by atoms with Crippen LogP contribution in [-0.4, -0.2) is 10.5 Å². The highest BCUT2D eigenvalue weighted by Crippen LogP contribution is 2.14. The summed E-state index contributed by atoms with van der Waals surface area (Å²) in [4.78, 5) is 23.9. The number of rotatable bonds is 4. The summed E-state index contributed by atoms with van der Waals surface area (Å²) >= 11 is 0. The molecule has 2 aromatic rings. The summed E-state index contributed by atoms with van der Waals surface area (Å²) in [6.45, 7) is 2.13. The van der Waals surface area contributed by atoms with Crippen molar-refractivity contribution in [3.05, 3.63) is 64.1 Å². The van der Waals surface area contributed by atoms with E-state index in [-0.39, 0.29) is 11.2 Å². The lowest BCUT2D eigenvalue weighted by Crippen LogP contribution is -2.19. The number of nitrogens with zero attached hydrogens (tertiary/aromatic N) is 2. The average molecular weight is 282 g/mol.